The lowest BCUT2D eigenvalue weighted by Gasteiger charge is -2.38. The summed E-state index contributed by atoms with van der Waals surface area (Å²) in [5.41, 5.74) is 1.96. The Morgan fingerprint density at radius 2 is 1.89 bits per heavy atom. The van der Waals surface area contributed by atoms with Gasteiger partial charge in [0.15, 0.2) is 0 Å². The third kappa shape index (κ3) is 3.41. The lowest BCUT2D eigenvalue weighted by Crippen LogP contribution is -2.45. The summed E-state index contributed by atoms with van der Waals surface area (Å²) in [5, 5.41) is 3.77. The Kier molecular flexibility index (Phi) is 5.47. The van der Waals surface area contributed by atoms with Gasteiger partial charge >= 0.3 is 0 Å². The van der Waals surface area contributed by atoms with Crippen molar-refractivity contribution in [2.45, 2.75) is 58.4 Å². The van der Waals surface area contributed by atoms with Crippen molar-refractivity contribution in [2.24, 2.45) is 5.41 Å². The molecule has 1 nitrogen and oxygen atoms in total. The minimum Gasteiger partial charge on any atom is -0.313 e. The van der Waals surface area contributed by atoms with Crippen molar-refractivity contribution in [3.8, 4) is 0 Å². The molecule has 0 aromatic heterocycles. The predicted octanol–water partition coefficient (Wildman–Crippen LogP) is 4.94. The van der Waals surface area contributed by atoms with Gasteiger partial charge in [0.1, 0.15) is 0 Å². The highest BCUT2D eigenvalue weighted by Crippen LogP contribution is 2.45. The van der Waals surface area contributed by atoms with Crippen LogP contribution in [0.1, 0.15) is 51.5 Å². The smallest absolute Gasteiger partial charge is 0.0207 e. The van der Waals surface area contributed by atoms with E-state index in [0.717, 1.165) is 13.0 Å². The molecule has 1 atom stereocenters. The van der Waals surface area contributed by atoms with E-state index in [0.29, 0.717) is 11.5 Å². The van der Waals surface area contributed by atoms with Crippen LogP contribution in [0.3, 0.4) is 0 Å². The first-order valence-corrected chi connectivity index (χ1v) is 8.48. The van der Waals surface area contributed by atoms with Crippen LogP contribution in [0.5, 0.6) is 0 Å². The fourth-order valence-electron chi connectivity index (χ4n) is 3.66. The zero-order valence-electron chi connectivity index (χ0n) is 12.2. The molecule has 0 heterocycles. The molecule has 106 valence electrons. The van der Waals surface area contributed by atoms with E-state index < -0.39 is 0 Å². The standard InChI is InChI=1S/C17H26BrN/c1-3-17(11-7-8-12-17)16(19-4-2)13-14-9-5-6-10-15(14)18/h5-6,9-10,16,19H,3-4,7-8,11-13H2,1-2H3. The van der Waals surface area contributed by atoms with Gasteiger partial charge in [-0.05, 0) is 49.3 Å². The first-order chi connectivity index (χ1) is 9.22. The molecule has 0 bridgehead atoms. The highest BCUT2D eigenvalue weighted by atomic mass is 79.9. The second kappa shape index (κ2) is 6.90. The van der Waals surface area contributed by atoms with E-state index >= 15 is 0 Å². The van der Waals surface area contributed by atoms with Crippen LogP contribution in [-0.4, -0.2) is 12.6 Å². The minimum atomic E-state index is 0.519. The average molecular weight is 324 g/mol. The monoisotopic (exact) mass is 323 g/mol. The topological polar surface area (TPSA) is 12.0 Å². The van der Waals surface area contributed by atoms with Gasteiger partial charge in [0.2, 0.25) is 0 Å². The summed E-state index contributed by atoms with van der Waals surface area (Å²) in [5.74, 6) is 0. The Hall–Kier alpha value is -0.340. The quantitative estimate of drug-likeness (QED) is 0.781. The van der Waals surface area contributed by atoms with Crippen molar-refractivity contribution in [3.05, 3.63) is 34.3 Å². The van der Waals surface area contributed by atoms with Crippen LogP contribution in [0, 0.1) is 5.41 Å². The zero-order valence-corrected chi connectivity index (χ0v) is 13.8. The predicted molar refractivity (Wildman–Crippen MR) is 86.5 cm³/mol. The summed E-state index contributed by atoms with van der Waals surface area (Å²) in [6.45, 7) is 5.66. The van der Waals surface area contributed by atoms with Gasteiger partial charge in [0.25, 0.3) is 0 Å². The Bertz CT molecular complexity index is 396. The van der Waals surface area contributed by atoms with Gasteiger partial charge in [-0.3, -0.25) is 0 Å². The van der Waals surface area contributed by atoms with Crippen LogP contribution in [0.4, 0.5) is 0 Å². The lowest BCUT2D eigenvalue weighted by atomic mass is 9.74. The summed E-state index contributed by atoms with van der Waals surface area (Å²) in [6.07, 6.45) is 8.05. The molecule has 0 saturated heterocycles. The maximum absolute atomic E-state index is 3.77. The number of hydrogen-bond acceptors (Lipinski definition) is 1. The average Bonchev–Trinajstić information content (AvgIpc) is 2.90. The second-order valence-corrected chi connectivity index (χ2v) is 6.68. The van der Waals surface area contributed by atoms with Crippen molar-refractivity contribution >= 4 is 15.9 Å². The number of hydrogen-bond donors (Lipinski definition) is 1. The largest absolute Gasteiger partial charge is 0.313 e. The normalized spacial score (nSPS) is 19.5. The highest BCUT2D eigenvalue weighted by Gasteiger charge is 2.39. The molecular formula is C17H26BrN. The SMILES string of the molecule is CCNC(Cc1ccccc1Br)C1(CC)CCCC1. The highest BCUT2D eigenvalue weighted by molar-refractivity contribution is 9.10. The van der Waals surface area contributed by atoms with Gasteiger partial charge in [-0.1, -0.05) is 60.8 Å². The zero-order chi connectivity index (χ0) is 13.7. The summed E-state index contributed by atoms with van der Waals surface area (Å²) >= 11 is 3.70. The lowest BCUT2D eigenvalue weighted by molar-refractivity contribution is 0.186. The maximum Gasteiger partial charge on any atom is 0.0207 e. The van der Waals surface area contributed by atoms with Gasteiger partial charge in [0.05, 0.1) is 0 Å². The molecule has 0 spiro atoms. The van der Waals surface area contributed by atoms with E-state index in [1.807, 2.05) is 0 Å². The van der Waals surface area contributed by atoms with Crippen LogP contribution >= 0.6 is 15.9 Å². The Balaban J connectivity index is 2.18. The minimum absolute atomic E-state index is 0.519. The number of halogens is 1. The molecule has 1 aromatic carbocycles. The van der Waals surface area contributed by atoms with Crippen LogP contribution in [0.2, 0.25) is 0 Å². The van der Waals surface area contributed by atoms with Crippen molar-refractivity contribution in [3.63, 3.8) is 0 Å². The van der Waals surface area contributed by atoms with Gasteiger partial charge < -0.3 is 5.32 Å². The molecule has 1 aliphatic carbocycles. The molecule has 19 heavy (non-hydrogen) atoms. The molecule has 1 aliphatic rings. The van der Waals surface area contributed by atoms with Gasteiger partial charge in [-0.2, -0.15) is 0 Å². The molecule has 1 aromatic rings. The van der Waals surface area contributed by atoms with Gasteiger partial charge in [0, 0.05) is 10.5 Å². The third-order valence-electron chi connectivity index (χ3n) is 4.88. The third-order valence-corrected chi connectivity index (χ3v) is 5.65. The fourth-order valence-corrected chi connectivity index (χ4v) is 4.11. The number of nitrogens with one attached hydrogen (secondary N) is 1. The van der Waals surface area contributed by atoms with Crippen LogP contribution in [-0.2, 0) is 6.42 Å². The summed E-state index contributed by atoms with van der Waals surface area (Å²) in [4.78, 5) is 0. The molecule has 0 radical (unpaired) electrons. The van der Waals surface area contributed by atoms with Crippen molar-refractivity contribution < 1.29 is 0 Å². The van der Waals surface area contributed by atoms with E-state index in [-0.39, 0.29) is 0 Å². The molecule has 0 amide bonds. The van der Waals surface area contributed by atoms with E-state index in [1.165, 1.54) is 42.1 Å². The number of benzene rings is 1. The second-order valence-electron chi connectivity index (χ2n) is 5.83. The Labute approximate surface area is 126 Å². The van der Waals surface area contributed by atoms with E-state index in [4.69, 9.17) is 0 Å². The van der Waals surface area contributed by atoms with Gasteiger partial charge in [-0.15, -0.1) is 0 Å². The van der Waals surface area contributed by atoms with Gasteiger partial charge in [-0.25, -0.2) is 0 Å². The molecule has 1 unspecified atom stereocenters. The molecule has 2 rings (SSSR count). The fraction of sp³-hybridized carbons (Fsp3) is 0.647. The molecular weight excluding hydrogens is 298 g/mol. The number of likely N-dealkylation sites (N-methyl/N-ethyl adjacent to an activating group) is 1. The summed E-state index contributed by atoms with van der Waals surface area (Å²) in [7, 11) is 0. The van der Waals surface area contributed by atoms with Crippen LogP contribution in [0.15, 0.2) is 28.7 Å². The Morgan fingerprint density at radius 1 is 1.21 bits per heavy atom. The van der Waals surface area contributed by atoms with Crippen molar-refractivity contribution in [2.75, 3.05) is 6.54 Å². The molecule has 0 aliphatic heterocycles. The number of rotatable bonds is 6. The van der Waals surface area contributed by atoms with Crippen LogP contribution < -0.4 is 5.32 Å². The maximum atomic E-state index is 3.77. The summed E-state index contributed by atoms with van der Waals surface area (Å²) < 4.78 is 1.25. The van der Waals surface area contributed by atoms with E-state index in [1.54, 1.807) is 0 Å². The molecule has 1 N–H and O–H groups in total. The molecule has 1 fully saturated rings. The summed E-state index contributed by atoms with van der Waals surface area (Å²) in [6, 6.07) is 9.28. The van der Waals surface area contributed by atoms with Crippen molar-refractivity contribution in [1.29, 1.82) is 0 Å². The van der Waals surface area contributed by atoms with Crippen LogP contribution in [0.25, 0.3) is 0 Å². The molecule has 2 heteroatoms. The Morgan fingerprint density at radius 3 is 2.47 bits per heavy atom. The first-order valence-electron chi connectivity index (χ1n) is 7.68. The van der Waals surface area contributed by atoms with E-state index in [2.05, 4.69) is 59.4 Å². The van der Waals surface area contributed by atoms with Crippen molar-refractivity contribution in [1.82, 2.24) is 5.32 Å². The van der Waals surface area contributed by atoms with E-state index in [9.17, 15) is 0 Å². The first kappa shape index (κ1) is 15.1. The molecule has 1 saturated carbocycles.